The van der Waals surface area contributed by atoms with Gasteiger partial charge in [0.25, 0.3) is 0 Å². The van der Waals surface area contributed by atoms with E-state index >= 15 is 0 Å². The third-order valence-corrected chi connectivity index (χ3v) is 2.97. The van der Waals surface area contributed by atoms with Crippen molar-refractivity contribution in [2.45, 2.75) is 13.8 Å². The topological polar surface area (TPSA) is 37.3 Å². The molecule has 1 heterocycles. The normalized spacial score (nSPS) is 12.5. The van der Waals surface area contributed by atoms with Gasteiger partial charge in [0.1, 0.15) is 0 Å². The van der Waals surface area contributed by atoms with Crippen molar-refractivity contribution in [3.8, 4) is 0 Å². The van der Waals surface area contributed by atoms with Crippen LogP contribution in [-0.4, -0.2) is 11.1 Å². The lowest BCUT2D eigenvalue weighted by molar-refractivity contribution is -0.132. The monoisotopic (exact) mass is 216 g/mol. The van der Waals surface area contributed by atoms with E-state index in [9.17, 15) is 4.79 Å². The van der Waals surface area contributed by atoms with Gasteiger partial charge in [0.05, 0.1) is 4.34 Å². The molecule has 0 aliphatic heterocycles. The highest BCUT2D eigenvalue weighted by atomic mass is 35.5. The second-order valence-corrected chi connectivity index (χ2v) is 4.24. The summed E-state index contributed by atoms with van der Waals surface area (Å²) in [6.45, 7) is 3.37. The highest BCUT2D eigenvalue weighted by Crippen LogP contribution is 2.27. The predicted molar refractivity (Wildman–Crippen MR) is 55.2 cm³/mol. The molecule has 1 aromatic heterocycles. The van der Waals surface area contributed by atoms with Crippen molar-refractivity contribution in [3.05, 3.63) is 26.9 Å². The van der Waals surface area contributed by atoms with Crippen molar-refractivity contribution in [2.24, 2.45) is 0 Å². The highest BCUT2D eigenvalue weighted by Gasteiger charge is 2.08. The molecule has 70 valence electrons. The van der Waals surface area contributed by atoms with Crippen molar-refractivity contribution in [3.63, 3.8) is 0 Å². The molecule has 0 fully saturated rings. The molecule has 0 saturated carbocycles. The molecule has 0 bridgehead atoms. The van der Waals surface area contributed by atoms with Gasteiger partial charge in [-0.05, 0) is 36.4 Å². The number of halogens is 1. The number of aliphatic carboxylic acids is 1. The molecule has 0 unspecified atom stereocenters. The van der Waals surface area contributed by atoms with E-state index in [0.717, 1.165) is 11.1 Å². The van der Waals surface area contributed by atoms with Crippen molar-refractivity contribution < 1.29 is 9.90 Å². The van der Waals surface area contributed by atoms with E-state index in [1.807, 2.05) is 5.38 Å². The van der Waals surface area contributed by atoms with Gasteiger partial charge in [0.2, 0.25) is 0 Å². The summed E-state index contributed by atoms with van der Waals surface area (Å²) in [6, 6.07) is 1.77. The minimum atomic E-state index is -0.889. The van der Waals surface area contributed by atoms with Crippen LogP contribution in [0, 0.1) is 0 Å². The molecule has 1 rings (SSSR count). The van der Waals surface area contributed by atoms with E-state index in [1.54, 1.807) is 19.9 Å². The fourth-order valence-corrected chi connectivity index (χ4v) is 1.81. The fraction of sp³-hybridized carbons (Fsp3) is 0.222. The third-order valence-electron chi connectivity index (χ3n) is 1.88. The van der Waals surface area contributed by atoms with Gasteiger partial charge >= 0.3 is 5.97 Å². The molecule has 4 heteroatoms. The van der Waals surface area contributed by atoms with Crippen LogP contribution >= 0.6 is 22.9 Å². The zero-order chi connectivity index (χ0) is 10.0. The van der Waals surface area contributed by atoms with Crippen LogP contribution < -0.4 is 0 Å². The first-order valence-corrected chi connectivity index (χ1v) is 4.93. The molecule has 0 radical (unpaired) electrons. The summed E-state index contributed by atoms with van der Waals surface area (Å²) in [7, 11) is 0. The maximum Gasteiger partial charge on any atom is 0.331 e. The number of carboxylic acids is 1. The Hall–Kier alpha value is -0.800. The van der Waals surface area contributed by atoms with Gasteiger partial charge in [0.15, 0.2) is 0 Å². The maximum absolute atomic E-state index is 10.6. The van der Waals surface area contributed by atoms with Gasteiger partial charge in [-0.15, -0.1) is 11.3 Å². The highest BCUT2D eigenvalue weighted by molar-refractivity contribution is 7.14. The SMILES string of the molecule is CC(C(=O)O)=C(C)c1csc(Cl)c1. The average Bonchev–Trinajstić information content (AvgIpc) is 2.49. The molecule has 0 amide bonds. The zero-order valence-electron chi connectivity index (χ0n) is 7.30. The fourth-order valence-electron chi connectivity index (χ4n) is 0.884. The molecule has 0 spiro atoms. The molecule has 1 aromatic rings. The summed E-state index contributed by atoms with van der Waals surface area (Å²) < 4.78 is 0.674. The second-order valence-electron chi connectivity index (χ2n) is 2.69. The predicted octanol–water partition coefficient (Wildman–Crippen LogP) is 3.28. The van der Waals surface area contributed by atoms with Crippen LogP contribution in [0.4, 0.5) is 0 Å². The van der Waals surface area contributed by atoms with Crippen LogP contribution in [0.5, 0.6) is 0 Å². The van der Waals surface area contributed by atoms with Crippen molar-refractivity contribution in [1.29, 1.82) is 0 Å². The van der Waals surface area contributed by atoms with E-state index in [4.69, 9.17) is 16.7 Å². The number of carboxylic acid groups (broad SMARTS) is 1. The summed E-state index contributed by atoms with van der Waals surface area (Å²) in [5.74, 6) is -0.889. The molecular formula is C9H9ClO2S. The summed E-state index contributed by atoms with van der Waals surface area (Å²) in [5, 5.41) is 10.6. The number of carbonyl (C=O) groups is 1. The standard InChI is InChI=1S/C9H9ClO2S/c1-5(6(2)9(11)12)7-3-8(10)13-4-7/h3-4H,1-2H3,(H,11,12). The average molecular weight is 217 g/mol. The summed E-state index contributed by atoms with van der Waals surface area (Å²) in [4.78, 5) is 10.6. The Balaban J connectivity index is 3.09. The quantitative estimate of drug-likeness (QED) is 0.771. The van der Waals surface area contributed by atoms with E-state index in [2.05, 4.69) is 0 Å². The number of hydrogen-bond donors (Lipinski definition) is 1. The Morgan fingerprint density at radius 2 is 2.15 bits per heavy atom. The van der Waals surface area contributed by atoms with Gasteiger partial charge in [-0.2, -0.15) is 0 Å². The van der Waals surface area contributed by atoms with Crippen molar-refractivity contribution in [1.82, 2.24) is 0 Å². The zero-order valence-corrected chi connectivity index (χ0v) is 8.87. The molecular weight excluding hydrogens is 208 g/mol. The number of hydrogen-bond acceptors (Lipinski definition) is 2. The largest absolute Gasteiger partial charge is 0.478 e. The van der Waals surface area contributed by atoms with Crippen molar-refractivity contribution in [2.75, 3.05) is 0 Å². The molecule has 2 nitrogen and oxygen atoms in total. The lowest BCUT2D eigenvalue weighted by Crippen LogP contribution is -1.98. The number of thiophene rings is 1. The van der Waals surface area contributed by atoms with Gasteiger partial charge in [-0.25, -0.2) is 4.79 Å². The molecule has 0 aromatic carbocycles. The van der Waals surface area contributed by atoms with Crippen LogP contribution in [0.2, 0.25) is 4.34 Å². The summed E-state index contributed by atoms with van der Waals surface area (Å²) >= 11 is 7.14. The summed E-state index contributed by atoms with van der Waals surface area (Å²) in [5.41, 5.74) is 2.00. The van der Waals surface area contributed by atoms with Gasteiger partial charge in [0, 0.05) is 5.57 Å². The van der Waals surface area contributed by atoms with E-state index < -0.39 is 5.97 Å². The Morgan fingerprint density at radius 3 is 2.54 bits per heavy atom. The molecule has 1 N–H and O–H groups in total. The van der Waals surface area contributed by atoms with Gasteiger partial charge < -0.3 is 5.11 Å². The lowest BCUT2D eigenvalue weighted by atomic mass is 10.1. The lowest BCUT2D eigenvalue weighted by Gasteiger charge is -1.99. The van der Waals surface area contributed by atoms with Gasteiger partial charge in [-0.1, -0.05) is 11.6 Å². The molecule has 0 saturated heterocycles. The first-order valence-electron chi connectivity index (χ1n) is 3.67. The third kappa shape index (κ3) is 2.32. The Kier molecular flexibility index (Phi) is 3.12. The summed E-state index contributed by atoms with van der Waals surface area (Å²) in [6.07, 6.45) is 0. The smallest absolute Gasteiger partial charge is 0.331 e. The Labute approximate surface area is 85.5 Å². The van der Waals surface area contributed by atoms with Crippen LogP contribution in [0.15, 0.2) is 17.0 Å². The first kappa shape index (κ1) is 10.3. The Bertz CT molecular complexity index is 365. The molecule has 13 heavy (non-hydrogen) atoms. The van der Waals surface area contributed by atoms with Crippen molar-refractivity contribution >= 4 is 34.5 Å². The van der Waals surface area contributed by atoms with E-state index in [0.29, 0.717) is 9.91 Å². The molecule has 0 aliphatic rings. The number of allylic oxidation sites excluding steroid dienone is 1. The van der Waals surface area contributed by atoms with Crippen LogP contribution in [0.1, 0.15) is 19.4 Å². The molecule has 0 aliphatic carbocycles. The van der Waals surface area contributed by atoms with Crippen LogP contribution in [0.25, 0.3) is 5.57 Å². The second kappa shape index (κ2) is 3.94. The van der Waals surface area contributed by atoms with Crippen LogP contribution in [0.3, 0.4) is 0 Å². The number of rotatable bonds is 2. The van der Waals surface area contributed by atoms with E-state index in [-0.39, 0.29) is 0 Å². The van der Waals surface area contributed by atoms with Gasteiger partial charge in [-0.3, -0.25) is 0 Å². The molecule has 0 atom stereocenters. The van der Waals surface area contributed by atoms with Crippen LogP contribution in [-0.2, 0) is 4.79 Å². The Morgan fingerprint density at radius 1 is 1.54 bits per heavy atom. The van der Waals surface area contributed by atoms with E-state index in [1.165, 1.54) is 11.3 Å². The minimum Gasteiger partial charge on any atom is -0.478 e. The maximum atomic E-state index is 10.6. The first-order chi connectivity index (χ1) is 6.02. The minimum absolute atomic E-state index is 0.356.